The molecule has 1 atom stereocenters. The third-order valence-corrected chi connectivity index (χ3v) is 2.86. The number of ether oxygens (including phenoxy) is 1. The van der Waals surface area contributed by atoms with E-state index in [-0.39, 0.29) is 11.7 Å². The molecule has 6 heteroatoms. The molecule has 1 unspecified atom stereocenters. The summed E-state index contributed by atoms with van der Waals surface area (Å²) >= 11 is 0. The quantitative estimate of drug-likeness (QED) is 0.870. The molecule has 0 spiro atoms. The fourth-order valence-electron chi connectivity index (χ4n) is 1.72. The number of methoxy groups -OCH3 is 1. The lowest BCUT2D eigenvalue weighted by Gasteiger charge is -2.14. The zero-order chi connectivity index (χ0) is 14.5. The molecule has 0 amide bonds. The second-order valence-electron chi connectivity index (χ2n) is 4.25. The maximum atomic E-state index is 10.7. The SMILES string of the molecule is COc1ccc(C(C)Nc2ccc(C(=O)O)nn2)cc1. The molecule has 0 aliphatic rings. The average Bonchev–Trinajstić information content (AvgIpc) is 2.48. The highest BCUT2D eigenvalue weighted by Crippen LogP contribution is 2.20. The summed E-state index contributed by atoms with van der Waals surface area (Å²) in [4.78, 5) is 10.7. The Labute approximate surface area is 116 Å². The topological polar surface area (TPSA) is 84.3 Å². The molecule has 1 aromatic carbocycles. The summed E-state index contributed by atoms with van der Waals surface area (Å²) in [5.74, 6) is 0.233. The number of carboxylic acids is 1. The third-order valence-electron chi connectivity index (χ3n) is 2.86. The van der Waals surface area contributed by atoms with Crippen LogP contribution in [0.2, 0.25) is 0 Å². The molecule has 2 aromatic rings. The Bertz CT molecular complexity index is 582. The Morgan fingerprint density at radius 2 is 1.90 bits per heavy atom. The van der Waals surface area contributed by atoms with Crippen molar-refractivity contribution in [2.45, 2.75) is 13.0 Å². The average molecular weight is 273 g/mol. The number of hydrogen-bond donors (Lipinski definition) is 2. The normalized spacial score (nSPS) is 11.7. The maximum Gasteiger partial charge on any atom is 0.356 e. The van der Waals surface area contributed by atoms with Gasteiger partial charge in [0.05, 0.1) is 13.2 Å². The predicted molar refractivity (Wildman–Crippen MR) is 74.0 cm³/mol. The third kappa shape index (κ3) is 3.23. The van der Waals surface area contributed by atoms with Crippen LogP contribution in [0.25, 0.3) is 0 Å². The zero-order valence-electron chi connectivity index (χ0n) is 11.2. The molecule has 0 saturated carbocycles. The van der Waals surface area contributed by atoms with Gasteiger partial charge in [0.25, 0.3) is 0 Å². The van der Waals surface area contributed by atoms with Crippen molar-refractivity contribution in [1.29, 1.82) is 0 Å². The Kier molecular flexibility index (Phi) is 4.14. The maximum absolute atomic E-state index is 10.7. The first-order chi connectivity index (χ1) is 9.60. The van der Waals surface area contributed by atoms with Crippen molar-refractivity contribution in [2.75, 3.05) is 12.4 Å². The molecule has 0 radical (unpaired) electrons. The van der Waals surface area contributed by atoms with Crippen LogP contribution in [0.15, 0.2) is 36.4 Å². The van der Waals surface area contributed by atoms with Crippen molar-refractivity contribution in [1.82, 2.24) is 10.2 Å². The fourth-order valence-corrected chi connectivity index (χ4v) is 1.72. The number of aromatic nitrogens is 2. The van der Waals surface area contributed by atoms with Gasteiger partial charge in [-0.1, -0.05) is 12.1 Å². The largest absolute Gasteiger partial charge is 0.497 e. The van der Waals surface area contributed by atoms with Crippen LogP contribution < -0.4 is 10.1 Å². The van der Waals surface area contributed by atoms with E-state index in [2.05, 4.69) is 15.5 Å². The predicted octanol–water partition coefficient (Wildman–Crippen LogP) is 2.36. The monoisotopic (exact) mass is 273 g/mol. The fraction of sp³-hybridized carbons (Fsp3) is 0.214. The molecule has 0 bridgehead atoms. The summed E-state index contributed by atoms with van der Waals surface area (Å²) in [5.41, 5.74) is 0.988. The van der Waals surface area contributed by atoms with E-state index in [1.165, 1.54) is 6.07 Å². The standard InChI is InChI=1S/C14H15N3O3/c1-9(10-3-5-11(20-2)6-4-10)15-13-8-7-12(14(18)19)16-17-13/h3-9H,1-2H3,(H,15,17)(H,18,19). The van der Waals surface area contributed by atoms with Crippen molar-refractivity contribution < 1.29 is 14.6 Å². The molecule has 1 aromatic heterocycles. The number of hydrogen-bond acceptors (Lipinski definition) is 5. The van der Waals surface area contributed by atoms with Crippen molar-refractivity contribution >= 4 is 11.8 Å². The van der Waals surface area contributed by atoms with Crippen LogP contribution in [0.3, 0.4) is 0 Å². The van der Waals surface area contributed by atoms with Crippen molar-refractivity contribution in [3.63, 3.8) is 0 Å². The van der Waals surface area contributed by atoms with Crippen LogP contribution >= 0.6 is 0 Å². The second-order valence-corrected chi connectivity index (χ2v) is 4.25. The molecule has 0 aliphatic carbocycles. The Balaban J connectivity index is 2.06. The lowest BCUT2D eigenvalue weighted by molar-refractivity contribution is 0.0689. The molecule has 0 aliphatic heterocycles. The van der Waals surface area contributed by atoms with Crippen molar-refractivity contribution in [3.05, 3.63) is 47.7 Å². The van der Waals surface area contributed by atoms with Crippen LogP contribution in [0.4, 0.5) is 5.82 Å². The van der Waals surface area contributed by atoms with Gasteiger partial charge in [0, 0.05) is 0 Å². The lowest BCUT2D eigenvalue weighted by Crippen LogP contribution is -2.10. The minimum Gasteiger partial charge on any atom is -0.497 e. The highest BCUT2D eigenvalue weighted by Gasteiger charge is 2.08. The number of carboxylic acid groups (broad SMARTS) is 1. The summed E-state index contributed by atoms with van der Waals surface area (Å²) in [7, 11) is 1.62. The first kappa shape index (κ1) is 13.8. The highest BCUT2D eigenvalue weighted by atomic mass is 16.5. The number of anilines is 1. The first-order valence-electron chi connectivity index (χ1n) is 6.07. The van der Waals surface area contributed by atoms with E-state index in [1.807, 2.05) is 31.2 Å². The van der Waals surface area contributed by atoms with Gasteiger partial charge in [-0.05, 0) is 36.8 Å². The molecule has 1 heterocycles. The molecule has 0 saturated heterocycles. The summed E-state index contributed by atoms with van der Waals surface area (Å²) < 4.78 is 5.10. The summed E-state index contributed by atoms with van der Waals surface area (Å²) in [6, 6.07) is 10.7. The number of carbonyl (C=O) groups is 1. The van der Waals surface area contributed by atoms with Crippen LogP contribution in [0.5, 0.6) is 5.75 Å². The molecule has 2 rings (SSSR count). The number of aromatic carboxylic acids is 1. The molecule has 20 heavy (non-hydrogen) atoms. The van der Waals surface area contributed by atoms with Gasteiger partial charge < -0.3 is 15.2 Å². The molecule has 104 valence electrons. The van der Waals surface area contributed by atoms with E-state index in [4.69, 9.17) is 9.84 Å². The van der Waals surface area contributed by atoms with Gasteiger partial charge >= 0.3 is 5.97 Å². The smallest absolute Gasteiger partial charge is 0.356 e. The van der Waals surface area contributed by atoms with Crippen molar-refractivity contribution in [2.24, 2.45) is 0 Å². The molecule has 0 fully saturated rings. The summed E-state index contributed by atoms with van der Waals surface area (Å²) in [6.45, 7) is 1.98. The van der Waals surface area contributed by atoms with E-state index >= 15 is 0 Å². The Morgan fingerprint density at radius 1 is 1.20 bits per heavy atom. The van der Waals surface area contributed by atoms with E-state index in [1.54, 1.807) is 13.2 Å². The van der Waals surface area contributed by atoms with E-state index in [0.29, 0.717) is 5.82 Å². The van der Waals surface area contributed by atoms with Gasteiger partial charge in [-0.3, -0.25) is 0 Å². The number of nitrogens with one attached hydrogen (secondary N) is 1. The van der Waals surface area contributed by atoms with Gasteiger partial charge in [-0.15, -0.1) is 10.2 Å². The molecular weight excluding hydrogens is 258 g/mol. The number of rotatable bonds is 5. The molecule has 2 N–H and O–H groups in total. The zero-order valence-corrected chi connectivity index (χ0v) is 11.2. The first-order valence-corrected chi connectivity index (χ1v) is 6.07. The van der Waals surface area contributed by atoms with Crippen molar-refractivity contribution in [3.8, 4) is 5.75 Å². The van der Waals surface area contributed by atoms with Gasteiger partial charge in [-0.2, -0.15) is 0 Å². The van der Waals surface area contributed by atoms with Crippen LogP contribution in [-0.4, -0.2) is 28.4 Å². The lowest BCUT2D eigenvalue weighted by atomic mass is 10.1. The number of benzene rings is 1. The van der Waals surface area contributed by atoms with Gasteiger partial charge in [0.1, 0.15) is 11.6 Å². The highest BCUT2D eigenvalue weighted by molar-refractivity contribution is 5.85. The Hall–Kier alpha value is -2.63. The van der Waals surface area contributed by atoms with Crippen LogP contribution in [0, 0.1) is 0 Å². The summed E-state index contributed by atoms with van der Waals surface area (Å²) in [5, 5.41) is 19.4. The minimum atomic E-state index is -1.09. The van der Waals surface area contributed by atoms with Crippen LogP contribution in [-0.2, 0) is 0 Å². The van der Waals surface area contributed by atoms with E-state index < -0.39 is 5.97 Å². The Morgan fingerprint density at radius 3 is 2.40 bits per heavy atom. The molecule has 6 nitrogen and oxygen atoms in total. The summed E-state index contributed by atoms with van der Waals surface area (Å²) in [6.07, 6.45) is 0. The van der Waals surface area contributed by atoms with E-state index in [0.717, 1.165) is 11.3 Å². The minimum absolute atomic E-state index is 0.0193. The van der Waals surface area contributed by atoms with Gasteiger partial charge in [0.2, 0.25) is 0 Å². The number of nitrogens with zero attached hydrogens (tertiary/aromatic N) is 2. The van der Waals surface area contributed by atoms with Gasteiger partial charge in [0.15, 0.2) is 5.69 Å². The van der Waals surface area contributed by atoms with Gasteiger partial charge in [-0.25, -0.2) is 4.79 Å². The van der Waals surface area contributed by atoms with E-state index in [9.17, 15) is 4.79 Å². The second kappa shape index (κ2) is 6.01. The molecular formula is C14H15N3O3. The van der Waals surface area contributed by atoms with Crippen LogP contribution in [0.1, 0.15) is 29.0 Å².